The lowest BCUT2D eigenvalue weighted by Gasteiger charge is -2.38. The lowest BCUT2D eigenvalue weighted by Crippen LogP contribution is -2.46. The summed E-state index contributed by atoms with van der Waals surface area (Å²) in [5, 5.41) is 5.11. The third-order valence-electron chi connectivity index (χ3n) is 4.45. The second kappa shape index (κ2) is 6.95. The highest BCUT2D eigenvalue weighted by atomic mass is 32.1. The standard InChI is InChI=1S/C15H17F3N4O3S/c1-9-10(8-26-21-9)12(23)22-5-3-14(24-2,4-6-22)13-19-11(20-25-13)7-15(16,17)18/h8H,3-7H2,1-2H3. The fourth-order valence-electron chi connectivity index (χ4n) is 2.93. The number of nitrogens with zero attached hydrogens (tertiary/aromatic N) is 4. The van der Waals surface area contributed by atoms with Crippen LogP contribution in [0.15, 0.2) is 9.90 Å². The molecular weight excluding hydrogens is 373 g/mol. The molecule has 1 aliphatic heterocycles. The Bertz CT molecular complexity index is 781. The van der Waals surface area contributed by atoms with E-state index in [1.165, 1.54) is 18.6 Å². The first-order chi connectivity index (χ1) is 12.2. The number of halogens is 3. The summed E-state index contributed by atoms with van der Waals surface area (Å²) in [6.45, 7) is 2.49. The Morgan fingerprint density at radius 3 is 2.65 bits per heavy atom. The van der Waals surface area contributed by atoms with E-state index in [2.05, 4.69) is 14.5 Å². The number of hydrogen-bond donors (Lipinski definition) is 0. The Hall–Kier alpha value is -2.01. The minimum absolute atomic E-state index is 0.0136. The first-order valence-electron chi connectivity index (χ1n) is 7.89. The third kappa shape index (κ3) is 3.73. The van der Waals surface area contributed by atoms with E-state index in [4.69, 9.17) is 9.26 Å². The number of alkyl halides is 3. The van der Waals surface area contributed by atoms with Crippen molar-refractivity contribution in [2.45, 2.75) is 38.0 Å². The number of carbonyl (C=O) groups is 1. The monoisotopic (exact) mass is 390 g/mol. The highest BCUT2D eigenvalue weighted by Crippen LogP contribution is 2.36. The smallest absolute Gasteiger partial charge is 0.368 e. The zero-order valence-corrected chi connectivity index (χ0v) is 15.0. The van der Waals surface area contributed by atoms with Crippen LogP contribution in [0.25, 0.3) is 0 Å². The summed E-state index contributed by atoms with van der Waals surface area (Å²) < 4.78 is 52.1. The van der Waals surface area contributed by atoms with Crippen LogP contribution >= 0.6 is 11.5 Å². The average molecular weight is 390 g/mol. The number of likely N-dealkylation sites (tertiary alicyclic amines) is 1. The van der Waals surface area contributed by atoms with Crippen LogP contribution in [0.2, 0.25) is 0 Å². The van der Waals surface area contributed by atoms with Crippen molar-refractivity contribution in [3.05, 3.63) is 28.4 Å². The molecule has 0 aromatic carbocycles. The van der Waals surface area contributed by atoms with Gasteiger partial charge in [-0.05, 0) is 18.5 Å². The third-order valence-corrected chi connectivity index (χ3v) is 5.17. The van der Waals surface area contributed by atoms with E-state index in [1.807, 2.05) is 0 Å². The molecule has 3 rings (SSSR count). The summed E-state index contributed by atoms with van der Waals surface area (Å²) in [5.41, 5.74) is 0.248. The molecule has 142 valence electrons. The molecule has 0 radical (unpaired) electrons. The summed E-state index contributed by atoms with van der Waals surface area (Å²) in [7, 11) is 1.44. The van der Waals surface area contributed by atoms with E-state index in [1.54, 1.807) is 17.2 Å². The molecule has 0 N–H and O–H groups in total. The topological polar surface area (TPSA) is 81.4 Å². The largest absolute Gasteiger partial charge is 0.396 e. The van der Waals surface area contributed by atoms with Crippen molar-refractivity contribution >= 4 is 17.4 Å². The molecule has 1 amide bonds. The second-order valence-electron chi connectivity index (χ2n) is 6.11. The van der Waals surface area contributed by atoms with Crippen molar-refractivity contribution < 1.29 is 27.2 Å². The Morgan fingerprint density at radius 2 is 2.12 bits per heavy atom. The molecule has 0 aliphatic carbocycles. The van der Waals surface area contributed by atoms with Crippen LogP contribution in [0.1, 0.15) is 40.6 Å². The van der Waals surface area contributed by atoms with Crippen LogP contribution in [0.5, 0.6) is 0 Å². The highest BCUT2D eigenvalue weighted by molar-refractivity contribution is 7.03. The van der Waals surface area contributed by atoms with E-state index in [0.29, 0.717) is 37.2 Å². The Morgan fingerprint density at radius 1 is 1.42 bits per heavy atom. The van der Waals surface area contributed by atoms with E-state index in [-0.39, 0.29) is 11.8 Å². The van der Waals surface area contributed by atoms with Gasteiger partial charge in [0.15, 0.2) is 5.82 Å². The number of methoxy groups -OCH3 is 1. The van der Waals surface area contributed by atoms with Gasteiger partial charge in [0.2, 0.25) is 0 Å². The van der Waals surface area contributed by atoms with Crippen LogP contribution in [0.3, 0.4) is 0 Å². The molecule has 2 aromatic heterocycles. The van der Waals surface area contributed by atoms with Gasteiger partial charge in [-0.3, -0.25) is 4.79 Å². The molecule has 1 saturated heterocycles. The molecule has 2 aromatic rings. The minimum Gasteiger partial charge on any atom is -0.368 e. The van der Waals surface area contributed by atoms with Gasteiger partial charge in [0.1, 0.15) is 12.0 Å². The quantitative estimate of drug-likeness (QED) is 0.799. The van der Waals surface area contributed by atoms with Gasteiger partial charge in [0.25, 0.3) is 11.8 Å². The fraction of sp³-hybridized carbons (Fsp3) is 0.600. The molecule has 7 nitrogen and oxygen atoms in total. The van der Waals surface area contributed by atoms with Crippen LogP contribution in [0, 0.1) is 6.92 Å². The lowest BCUT2D eigenvalue weighted by molar-refractivity contribution is -0.128. The van der Waals surface area contributed by atoms with Crippen molar-refractivity contribution in [1.82, 2.24) is 19.4 Å². The molecule has 11 heteroatoms. The van der Waals surface area contributed by atoms with E-state index < -0.39 is 24.0 Å². The van der Waals surface area contributed by atoms with Gasteiger partial charge in [-0.25, -0.2) is 0 Å². The van der Waals surface area contributed by atoms with Crippen LogP contribution in [-0.4, -0.2) is 51.7 Å². The molecule has 0 atom stereocenters. The van der Waals surface area contributed by atoms with Crippen LogP contribution in [-0.2, 0) is 16.8 Å². The van der Waals surface area contributed by atoms with Gasteiger partial charge in [-0.15, -0.1) is 0 Å². The Labute approximate surface area is 151 Å². The van der Waals surface area contributed by atoms with Crippen molar-refractivity contribution in [3.63, 3.8) is 0 Å². The fourth-order valence-corrected chi connectivity index (χ4v) is 3.62. The van der Waals surface area contributed by atoms with Gasteiger partial charge in [0, 0.05) is 38.4 Å². The lowest BCUT2D eigenvalue weighted by atomic mass is 9.90. The van der Waals surface area contributed by atoms with Crippen molar-refractivity contribution in [2.24, 2.45) is 0 Å². The van der Waals surface area contributed by atoms with Gasteiger partial charge in [0.05, 0.1) is 11.3 Å². The molecule has 0 spiro atoms. The molecule has 0 unspecified atom stereocenters. The predicted octanol–water partition coefficient (Wildman–Crippen LogP) is 2.72. The molecule has 3 heterocycles. The van der Waals surface area contributed by atoms with Gasteiger partial charge < -0.3 is 14.2 Å². The molecule has 26 heavy (non-hydrogen) atoms. The van der Waals surface area contributed by atoms with Crippen molar-refractivity contribution in [3.8, 4) is 0 Å². The molecule has 1 fully saturated rings. The maximum absolute atomic E-state index is 12.6. The zero-order valence-electron chi connectivity index (χ0n) is 14.2. The van der Waals surface area contributed by atoms with E-state index >= 15 is 0 Å². The summed E-state index contributed by atoms with van der Waals surface area (Å²) >= 11 is 1.22. The Kier molecular flexibility index (Phi) is 5.02. The SMILES string of the molecule is COC1(c2nc(CC(F)(F)F)no2)CCN(C(=O)c2csnc2C)CC1. The second-order valence-corrected chi connectivity index (χ2v) is 6.74. The maximum Gasteiger partial charge on any atom is 0.396 e. The van der Waals surface area contributed by atoms with Gasteiger partial charge in [-0.1, -0.05) is 5.16 Å². The minimum atomic E-state index is -4.41. The number of aromatic nitrogens is 3. The average Bonchev–Trinajstić information content (AvgIpc) is 3.22. The summed E-state index contributed by atoms with van der Waals surface area (Å²) in [6, 6.07) is 0. The molecule has 1 aliphatic rings. The predicted molar refractivity (Wildman–Crippen MR) is 84.7 cm³/mol. The highest BCUT2D eigenvalue weighted by Gasteiger charge is 2.43. The number of piperidine rings is 1. The van der Waals surface area contributed by atoms with Crippen LogP contribution < -0.4 is 0 Å². The number of ether oxygens (including phenoxy) is 1. The summed E-state index contributed by atoms with van der Waals surface area (Å²) in [4.78, 5) is 18.1. The maximum atomic E-state index is 12.6. The first kappa shape index (κ1) is 18.8. The van der Waals surface area contributed by atoms with Gasteiger partial charge in [-0.2, -0.15) is 22.5 Å². The van der Waals surface area contributed by atoms with Crippen molar-refractivity contribution in [1.29, 1.82) is 0 Å². The number of rotatable bonds is 4. The Balaban J connectivity index is 1.71. The number of amides is 1. The number of aryl methyl sites for hydroxylation is 1. The van der Waals surface area contributed by atoms with E-state index in [0.717, 1.165) is 0 Å². The first-order valence-corrected chi connectivity index (χ1v) is 8.73. The summed E-state index contributed by atoms with van der Waals surface area (Å²) in [5.74, 6) is -0.536. The molecular formula is C15H17F3N4O3S. The molecule has 0 saturated carbocycles. The number of carbonyl (C=O) groups excluding carboxylic acids is 1. The van der Waals surface area contributed by atoms with E-state index in [9.17, 15) is 18.0 Å². The normalized spacial score (nSPS) is 17.5. The van der Waals surface area contributed by atoms with Gasteiger partial charge >= 0.3 is 6.18 Å². The molecule has 0 bridgehead atoms. The summed E-state index contributed by atoms with van der Waals surface area (Å²) in [6.07, 6.45) is -4.98. The van der Waals surface area contributed by atoms with Crippen molar-refractivity contribution in [2.75, 3.05) is 20.2 Å². The zero-order chi connectivity index (χ0) is 18.9. The van der Waals surface area contributed by atoms with Crippen LogP contribution in [0.4, 0.5) is 13.2 Å². The number of hydrogen-bond acceptors (Lipinski definition) is 7.